The fourth-order valence-corrected chi connectivity index (χ4v) is 2.58. The van der Waals surface area contributed by atoms with Gasteiger partial charge in [-0.15, -0.1) is 0 Å². The predicted molar refractivity (Wildman–Crippen MR) is 67.9 cm³/mol. The Kier molecular flexibility index (Phi) is 2.20. The van der Waals surface area contributed by atoms with Gasteiger partial charge in [-0.3, -0.25) is 0 Å². The molecule has 0 unspecified atom stereocenters. The predicted octanol–water partition coefficient (Wildman–Crippen LogP) is 3.61. The number of fused-ring (bicyclic) bond motifs is 1. The Morgan fingerprint density at radius 2 is 2.12 bits per heavy atom. The Labute approximate surface area is 106 Å². The molecule has 0 bridgehead atoms. The molecule has 1 aromatic heterocycles. The third-order valence-corrected chi connectivity index (χ3v) is 3.62. The molecule has 0 amide bonds. The summed E-state index contributed by atoms with van der Waals surface area (Å²) in [6, 6.07) is 5.29. The van der Waals surface area contributed by atoms with Crippen LogP contribution in [0.15, 0.2) is 22.6 Å². The minimum absolute atomic E-state index is 0.319. The van der Waals surface area contributed by atoms with Crippen LogP contribution >= 0.6 is 22.6 Å². The van der Waals surface area contributed by atoms with Crippen LogP contribution in [0.1, 0.15) is 34.9 Å². The van der Waals surface area contributed by atoms with Crippen molar-refractivity contribution in [1.29, 1.82) is 0 Å². The maximum absolute atomic E-state index is 10.9. The van der Waals surface area contributed by atoms with E-state index in [0.717, 1.165) is 20.3 Å². The lowest BCUT2D eigenvalue weighted by atomic mass is 10.1. The maximum Gasteiger partial charge on any atom is 0.335 e. The molecule has 16 heavy (non-hydrogen) atoms. The molecule has 1 heterocycles. The van der Waals surface area contributed by atoms with E-state index in [1.165, 1.54) is 12.8 Å². The van der Waals surface area contributed by atoms with Gasteiger partial charge in [-0.1, -0.05) is 0 Å². The maximum atomic E-state index is 10.9. The van der Waals surface area contributed by atoms with Crippen LogP contribution in [-0.4, -0.2) is 11.1 Å². The number of hydrogen-bond donors (Lipinski definition) is 1. The quantitative estimate of drug-likeness (QED) is 0.857. The smallest absolute Gasteiger partial charge is 0.335 e. The van der Waals surface area contributed by atoms with Gasteiger partial charge in [-0.05, 0) is 53.6 Å². The van der Waals surface area contributed by atoms with Crippen LogP contribution in [0.4, 0.5) is 0 Å². The second kappa shape index (κ2) is 3.48. The molecule has 1 aromatic carbocycles. The zero-order chi connectivity index (χ0) is 11.3. The molecule has 4 heteroatoms. The second-order valence-corrected chi connectivity index (χ2v) is 5.27. The summed E-state index contributed by atoms with van der Waals surface area (Å²) >= 11 is 2.12. The lowest BCUT2D eigenvalue weighted by molar-refractivity contribution is 0.0697. The van der Waals surface area contributed by atoms with Crippen LogP contribution in [0.5, 0.6) is 0 Å². The summed E-state index contributed by atoms with van der Waals surface area (Å²) in [5.74, 6) is 0.654. The van der Waals surface area contributed by atoms with Crippen LogP contribution in [-0.2, 0) is 0 Å². The lowest BCUT2D eigenvalue weighted by Gasteiger charge is -1.96. The van der Waals surface area contributed by atoms with Gasteiger partial charge in [-0.2, -0.15) is 0 Å². The molecular weight excluding hydrogens is 319 g/mol. The summed E-state index contributed by atoms with van der Waals surface area (Å²) in [5.41, 5.74) is 1.13. The minimum atomic E-state index is -0.894. The molecule has 2 aromatic rings. The number of carbonyl (C=O) groups is 1. The molecule has 1 aliphatic carbocycles. The number of benzene rings is 1. The summed E-state index contributed by atoms with van der Waals surface area (Å²) in [7, 11) is 0. The van der Waals surface area contributed by atoms with Crippen molar-refractivity contribution in [3.8, 4) is 0 Å². The minimum Gasteiger partial charge on any atom is -0.478 e. The van der Waals surface area contributed by atoms with Crippen molar-refractivity contribution in [3.63, 3.8) is 0 Å². The third-order valence-electron chi connectivity index (χ3n) is 2.82. The molecule has 1 aliphatic rings. The summed E-state index contributed by atoms with van der Waals surface area (Å²) in [4.78, 5) is 10.9. The average Bonchev–Trinajstić information content (AvgIpc) is 2.98. The molecule has 0 aliphatic heterocycles. The summed E-state index contributed by atoms with van der Waals surface area (Å²) < 4.78 is 6.62. The van der Waals surface area contributed by atoms with Gasteiger partial charge in [0.25, 0.3) is 0 Å². The van der Waals surface area contributed by atoms with E-state index in [4.69, 9.17) is 9.52 Å². The van der Waals surface area contributed by atoms with E-state index < -0.39 is 5.97 Å². The van der Waals surface area contributed by atoms with Gasteiger partial charge in [0.05, 0.1) is 9.13 Å². The normalized spacial score (nSPS) is 15.6. The first kappa shape index (κ1) is 10.1. The van der Waals surface area contributed by atoms with Crippen LogP contribution in [0.25, 0.3) is 11.0 Å². The van der Waals surface area contributed by atoms with Crippen molar-refractivity contribution in [2.24, 2.45) is 0 Å². The molecule has 1 fully saturated rings. The number of hydrogen-bond acceptors (Lipinski definition) is 2. The Balaban J connectivity index is 2.21. The molecular formula is C12H9IO3. The van der Waals surface area contributed by atoms with Crippen molar-refractivity contribution < 1.29 is 14.3 Å². The van der Waals surface area contributed by atoms with E-state index in [-0.39, 0.29) is 0 Å². The summed E-state index contributed by atoms with van der Waals surface area (Å²) in [6.07, 6.45) is 2.37. The highest BCUT2D eigenvalue weighted by atomic mass is 127. The third kappa shape index (κ3) is 1.61. The first-order valence-corrected chi connectivity index (χ1v) is 6.19. The number of carboxylic acid groups (broad SMARTS) is 1. The molecule has 82 valence electrons. The van der Waals surface area contributed by atoms with Gasteiger partial charge in [0.2, 0.25) is 0 Å². The second-order valence-electron chi connectivity index (χ2n) is 4.10. The molecule has 0 radical (unpaired) electrons. The van der Waals surface area contributed by atoms with Crippen LogP contribution in [0, 0.1) is 3.57 Å². The fraction of sp³-hybridized carbons (Fsp3) is 0.250. The van der Waals surface area contributed by atoms with Crippen LogP contribution in [0.2, 0.25) is 0 Å². The van der Waals surface area contributed by atoms with E-state index >= 15 is 0 Å². The fourth-order valence-electron chi connectivity index (χ4n) is 1.82. The van der Waals surface area contributed by atoms with Crippen LogP contribution < -0.4 is 0 Å². The van der Waals surface area contributed by atoms with E-state index in [0.29, 0.717) is 11.5 Å². The lowest BCUT2D eigenvalue weighted by Crippen LogP contribution is -1.96. The molecule has 0 spiro atoms. The van der Waals surface area contributed by atoms with Gasteiger partial charge >= 0.3 is 5.97 Å². The number of carboxylic acids is 1. The first-order valence-electron chi connectivity index (χ1n) is 5.11. The summed E-state index contributed by atoms with van der Waals surface area (Å²) in [5, 5.41) is 9.86. The number of halogens is 1. The van der Waals surface area contributed by atoms with E-state index in [1.54, 1.807) is 12.1 Å². The van der Waals surface area contributed by atoms with E-state index in [2.05, 4.69) is 22.6 Å². The van der Waals surface area contributed by atoms with Gasteiger partial charge in [0.15, 0.2) is 0 Å². The molecule has 3 rings (SSSR count). The Bertz CT molecular complexity index is 581. The highest BCUT2D eigenvalue weighted by Gasteiger charge is 2.27. The number of aromatic carboxylic acids is 1. The highest BCUT2D eigenvalue weighted by Crippen LogP contribution is 2.42. The Morgan fingerprint density at radius 1 is 1.38 bits per heavy atom. The van der Waals surface area contributed by atoms with Crippen molar-refractivity contribution >= 4 is 39.5 Å². The van der Waals surface area contributed by atoms with Crippen LogP contribution in [0.3, 0.4) is 0 Å². The van der Waals surface area contributed by atoms with Gasteiger partial charge in [-0.25, -0.2) is 4.79 Å². The zero-order valence-corrected chi connectivity index (χ0v) is 10.5. The summed E-state index contributed by atoms with van der Waals surface area (Å²) in [6.45, 7) is 0. The first-order chi connectivity index (χ1) is 7.65. The van der Waals surface area contributed by atoms with Gasteiger partial charge in [0, 0.05) is 11.3 Å². The molecule has 0 atom stereocenters. The zero-order valence-electron chi connectivity index (χ0n) is 8.37. The monoisotopic (exact) mass is 328 g/mol. The van der Waals surface area contributed by atoms with Crippen molar-refractivity contribution in [1.82, 2.24) is 0 Å². The number of furan rings is 1. The van der Waals surface area contributed by atoms with Crippen molar-refractivity contribution in [3.05, 3.63) is 33.1 Å². The SMILES string of the molecule is O=C(O)c1cc(I)c2oc(C3CC3)cc2c1. The average molecular weight is 328 g/mol. The molecule has 3 nitrogen and oxygen atoms in total. The molecule has 1 N–H and O–H groups in total. The highest BCUT2D eigenvalue weighted by molar-refractivity contribution is 14.1. The number of rotatable bonds is 2. The van der Waals surface area contributed by atoms with Gasteiger partial charge < -0.3 is 9.52 Å². The van der Waals surface area contributed by atoms with E-state index in [1.807, 2.05) is 6.07 Å². The van der Waals surface area contributed by atoms with E-state index in [9.17, 15) is 4.79 Å². The van der Waals surface area contributed by atoms with Crippen molar-refractivity contribution in [2.45, 2.75) is 18.8 Å². The molecule has 1 saturated carbocycles. The van der Waals surface area contributed by atoms with Gasteiger partial charge in [0.1, 0.15) is 11.3 Å². The largest absolute Gasteiger partial charge is 0.478 e. The van der Waals surface area contributed by atoms with Crippen molar-refractivity contribution in [2.75, 3.05) is 0 Å². The Hall–Kier alpha value is -1.04. The topological polar surface area (TPSA) is 50.4 Å². The Morgan fingerprint density at radius 3 is 2.75 bits per heavy atom. The standard InChI is InChI=1S/C12H9IO3/c13-9-4-8(12(14)15)3-7-5-10(6-1-2-6)16-11(7)9/h3-6H,1-2H2,(H,14,15). The molecule has 0 saturated heterocycles.